The van der Waals surface area contributed by atoms with E-state index in [1.807, 2.05) is 19.1 Å². The van der Waals surface area contributed by atoms with Crippen LogP contribution in [-0.4, -0.2) is 66.0 Å². The fourth-order valence-corrected chi connectivity index (χ4v) is 2.64. The highest BCUT2D eigenvalue weighted by Gasteiger charge is 2.19. The number of rotatable bonds is 6. The minimum Gasteiger partial charge on any atom is -0.504 e. The van der Waals surface area contributed by atoms with Crippen molar-refractivity contribution in [2.24, 2.45) is 0 Å². The van der Waals surface area contributed by atoms with Gasteiger partial charge in [0, 0.05) is 39.3 Å². The summed E-state index contributed by atoms with van der Waals surface area (Å²) in [6.07, 6.45) is 0.603. The number of benzene rings is 1. The Balaban J connectivity index is 1.83. The van der Waals surface area contributed by atoms with Crippen molar-refractivity contribution in [2.45, 2.75) is 26.0 Å². The Labute approximate surface area is 126 Å². The second-order valence-electron chi connectivity index (χ2n) is 5.65. The highest BCUT2D eigenvalue weighted by atomic mass is 16.5. The molecule has 0 aliphatic carbocycles. The number of piperazine rings is 1. The summed E-state index contributed by atoms with van der Waals surface area (Å²) in [5.41, 5.74) is 1.15. The smallest absolute Gasteiger partial charge is 0.160 e. The molecule has 1 aliphatic heterocycles. The van der Waals surface area contributed by atoms with E-state index in [-0.39, 0.29) is 11.9 Å². The Morgan fingerprint density at radius 1 is 1.19 bits per heavy atom. The summed E-state index contributed by atoms with van der Waals surface area (Å²) in [7, 11) is 1.57. The zero-order chi connectivity index (χ0) is 15.2. The van der Waals surface area contributed by atoms with Crippen LogP contribution in [0.3, 0.4) is 0 Å². The Morgan fingerprint density at radius 3 is 2.48 bits per heavy atom. The van der Waals surface area contributed by atoms with Crippen molar-refractivity contribution in [1.82, 2.24) is 9.80 Å². The van der Waals surface area contributed by atoms with Crippen LogP contribution in [0, 0.1) is 0 Å². The summed E-state index contributed by atoms with van der Waals surface area (Å²) in [6, 6.07) is 5.51. The topological polar surface area (TPSA) is 56.2 Å². The Bertz CT molecular complexity index is 445. The second-order valence-corrected chi connectivity index (χ2v) is 5.65. The summed E-state index contributed by atoms with van der Waals surface area (Å²) in [6.45, 7) is 7.63. The highest BCUT2D eigenvalue weighted by molar-refractivity contribution is 5.41. The molecule has 118 valence electrons. The number of hydrogen-bond acceptors (Lipinski definition) is 5. The molecule has 2 rings (SSSR count). The zero-order valence-electron chi connectivity index (χ0n) is 13.0. The van der Waals surface area contributed by atoms with Gasteiger partial charge in [-0.1, -0.05) is 13.0 Å². The molecule has 0 saturated carbocycles. The molecule has 1 fully saturated rings. The van der Waals surface area contributed by atoms with Crippen molar-refractivity contribution in [3.05, 3.63) is 23.8 Å². The van der Waals surface area contributed by atoms with Crippen LogP contribution < -0.4 is 4.74 Å². The van der Waals surface area contributed by atoms with Crippen LogP contribution in [0.2, 0.25) is 0 Å². The van der Waals surface area contributed by atoms with Gasteiger partial charge in [-0.15, -0.1) is 0 Å². The molecule has 0 spiro atoms. The predicted molar refractivity (Wildman–Crippen MR) is 82.7 cm³/mol. The fraction of sp³-hybridized carbons (Fsp3) is 0.625. The van der Waals surface area contributed by atoms with Crippen LogP contribution in [0.25, 0.3) is 0 Å². The van der Waals surface area contributed by atoms with E-state index in [1.54, 1.807) is 13.2 Å². The third kappa shape index (κ3) is 4.59. The fourth-order valence-electron chi connectivity index (χ4n) is 2.64. The van der Waals surface area contributed by atoms with E-state index in [0.717, 1.165) is 51.3 Å². The lowest BCUT2D eigenvalue weighted by Crippen LogP contribution is -2.48. The van der Waals surface area contributed by atoms with Gasteiger partial charge in [-0.2, -0.15) is 0 Å². The summed E-state index contributed by atoms with van der Waals surface area (Å²) in [5.74, 6) is 0.705. The molecular weight excluding hydrogens is 268 g/mol. The highest BCUT2D eigenvalue weighted by Crippen LogP contribution is 2.26. The number of phenols is 1. The zero-order valence-corrected chi connectivity index (χ0v) is 13.0. The molecule has 1 atom stereocenters. The molecule has 0 radical (unpaired) electrons. The first-order chi connectivity index (χ1) is 10.1. The number of aromatic hydroxyl groups is 1. The molecule has 1 aromatic rings. The van der Waals surface area contributed by atoms with E-state index in [9.17, 15) is 10.2 Å². The SMILES string of the molecule is CCC(O)CN1CCN(Cc2ccc(O)c(OC)c2)CC1. The van der Waals surface area contributed by atoms with Crippen LogP contribution in [0.5, 0.6) is 11.5 Å². The maximum Gasteiger partial charge on any atom is 0.160 e. The normalized spacial score (nSPS) is 18.6. The molecule has 0 aromatic heterocycles. The van der Waals surface area contributed by atoms with Crippen LogP contribution in [0.1, 0.15) is 18.9 Å². The van der Waals surface area contributed by atoms with Gasteiger partial charge in [0.2, 0.25) is 0 Å². The van der Waals surface area contributed by atoms with E-state index in [2.05, 4.69) is 9.80 Å². The third-order valence-electron chi connectivity index (χ3n) is 4.06. The predicted octanol–water partition coefficient (Wildman–Crippen LogP) is 1.29. The number of β-amino-alcohol motifs (C(OH)–C–C–N with tert-alkyl or cyclic N) is 1. The minimum atomic E-state index is -0.210. The molecule has 1 aliphatic rings. The van der Waals surface area contributed by atoms with Gasteiger partial charge in [0.05, 0.1) is 13.2 Å². The molecule has 2 N–H and O–H groups in total. The molecule has 1 heterocycles. The van der Waals surface area contributed by atoms with Gasteiger partial charge < -0.3 is 14.9 Å². The maximum atomic E-state index is 9.70. The van der Waals surface area contributed by atoms with Crippen molar-refractivity contribution in [3.8, 4) is 11.5 Å². The average molecular weight is 294 g/mol. The first-order valence-corrected chi connectivity index (χ1v) is 7.61. The van der Waals surface area contributed by atoms with Gasteiger partial charge in [-0.3, -0.25) is 9.80 Å². The van der Waals surface area contributed by atoms with E-state index >= 15 is 0 Å². The lowest BCUT2D eigenvalue weighted by Gasteiger charge is -2.35. The first kappa shape index (κ1) is 16.1. The van der Waals surface area contributed by atoms with E-state index in [4.69, 9.17) is 4.74 Å². The van der Waals surface area contributed by atoms with Crippen molar-refractivity contribution >= 4 is 0 Å². The summed E-state index contributed by atoms with van der Waals surface area (Å²) in [5, 5.41) is 19.3. The largest absolute Gasteiger partial charge is 0.504 e. The first-order valence-electron chi connectivity index (χ1n) is 7.61. The Hall–Kier alpha value is -1.30. The van der Waals surface area contributed by atoms with Crippen molar-refractivity contribution in [1.29, 1.82) is 0 Å². The molecule has 1 saturated heterocycles. The molecular formula is C16H26N2O3. The molecule has 0 amide bonds. The van der Waals surface area contributed by atoms with Crippen LogP contribution in [0.15, 0.2) is 18.2 Å². The van der Waals surface area contributed by atoms with Crippen molar-refractivity contribution < 1.29 is 14.9 Å². The number of aliphatic hydroxyl groups is 1. The number of phenolic OH excluding ortho intramolecular Hbond substituents is 1. The quantitative estimate of drug-likeness (QED) is 0.828. The number of aliphatic hydroxyl groups excluding tert-OH is 1. The molecule has 5 nitrogen and oxygen atoms in total. The summed E-state index contributed by atoms with van der Waals surface area (Å²) < 4.78 is 5.14. The minimum absolute atomic E-state index is 0.180. The monoisotopic (exact) mass is 294 g/mol. The molecule has 5 heteroatoms. The van der Waals surface area contributed by atoms with Crippen LogP contribution >= 0.6 is 0 Å². The van der Waals surface area contributed by atoms with Crippen molar-refractivity contribution in [2.75, 3.05) is 39.8 Å². The maximum absolute atomic E-state index is 9.70. The van der Waals surface area contributed by atoms with Crippen molar-refractivity contribution in [3.63, 3.8) is 0 Å². The molecule has 1 unspecified atom stereocenters. The average Bonchev–Trinajstić information content (AvgIpc) is 2.51. The van der Waals surface area contributed by atoms with E-state index in [1.165, 1.54) is 0 Å². The number of methoxy groups -OCH3 is 1. The van der Waals surface area contributed by atoms with Gasteiger partial charge in [0.25, 0.3) is 0 Å². The summed E-state index contributed by atoms with van der Waals surface area (Å²) >= 11 is 0. The van der Waals surface area contributed by atoms with Gasteiger partial charge >= 0.3 is 0 Å². The number of nitrogens with zero attached hydrogens (tertiary/aromatic N) is 2. The van der Waals surface area contributed by atoms with Gasteiger partial charge in [-0.05, 0) is 24.1 Å². The summed E-state index contributed by atoms with van der Waals surface area (Å²) in [4.78, 5) is 4.71. The lowest BCUT2D eigenvalue weighted by molar-refractivity contribution is 0.0686. The second kappa shape index (κ2) is 7.64. The van der Waals surface area contributed by atoms with Crippen LogP contribution in [0.4, 0.5) is 0 Å². The number of ether oxygens (including phenoxy) is 1. The van der Waals surface area contributed by atoms with Crippen LogP contribution in [-0.2, 0) is 6.54 Å². The van der Waals surface area contributed by atoms with E-state index < -0.39 is 0 Å². The van der Waals surface area contributed by atoms with Gasteiger partial charge in [0.1, 0.15) is 0 Å². The molecule has 0 bridgehead atoms. The Morgan fingerprint density at radius 2 is 1.86 bits per heavy atom. The van der Waals surface area contributed by atoms with Gasteiger partial charge in [0.15, 0.2) is 11.5 Å². The van der Waals surface area contributed by atoms with E-state index in [0.29, 0.717) is 5.75 Å². The van der Waals surface area contributed by atoms with Gasteiger partial charge in [-0.25, -0.2) is 0 Å². The molecule has 21 heavy (non-hydrogen) atoms. The number of hydrogen-bond donors (Lipinski definition) is 2. The lowest BCUT2D eigenvalue weighted by atomic mass is 10.1. The standard InChI is InChI=1S/C16H26N2O3/c1-3-14(19)12-18-8-6-17(7-9-18)11-13-4-5-15(20)16(10-13)21-2/h4-5,10,14,19-20H,3,6-9,11-12H2,1-2H3. The Kier molecular flexibility index (Phi) is 5.85. The molecule has 1 aromatic carbocycles. The third-order valence-corrected chi connectivity index (χ3v) is 4.06.